The maximum Gasteiger partial charge on any atom is 0.326 e. The zero-order valence-corrected chi connectivity index (χ0v) is 17.0. The Hall–Kier alpha value is -2.16. The number of hydrogen-bond donors (Lipinski definition) is 4. The van der Waals surface area contributed by atoms with Crippen molar-refractivity contribution in [3.63, 3.8) is 0 Å². The maximum atomic E-state index is 12.9. The summed E-state index contributed by atoms with van der Waals surface area (Å²) in [5.74, 6) is -1.58. The smallest absolute Gasteiger partial charge is 0.326 e. The van der Waals surface area contributed by atoms with Crippen LogP contribution in [0.3, 0.4) is 0 Å². The summed E-state index contributed by atoms with van der Waals surface area (Å²) in [6.45, 7) is 8.74. The van der Waals surface area contributed by atoms with E-state index in [9.17, 15) is 24.3 Å². The molecule has 0 aromatic carbocycles. The van der Waals surface area contributed by atoms with Crippen molar-refractivity contribution in [2.45, 2.75) is 71.1 Å². The molecule has 158 valence electrons. The lowest BCUT2D eigenvalue weighted by Gasteiger charge is -2.28. The average Bonchev–Trinajstić information content (AvgIpc) is 3.26. The quantitative estimate of drug-likeness (QED) is 0.395. The van der Waals surface area contributed by atoms with Crippen molar-refractivity contribution in [3.05, 3.63) is 0 Å². The predicted molar refractivity (Wildman–Crippen MR) is 102 cm³/mol. The normalized spacial score (nSPS) is 24.9. The molecule has 0 aromatic rings. The first kappa shape index (κ1) is 22.1. The van der Waals surface area contributed by atoms with E-state index in [1.165, 1.54) is 4.90 Å². The molecule has 9 heteroatoms. The van der Waals surface area contributed by atoms with Crippen molar-refractivity contribution in [2.75, 3.05) is 13.1 Å². The minimum Gasteiger partial charge on any atom is -0.480 e. The fourth-order valence-corrected chi connectivity index (χ4v) is 3.45. The van der Waals surface area contributed by atoms with Gasteiger partial charge in [0.1, 0.15) is 24.2 Å². The second-order valence-corrected chi connectivity index (χ2v) is 8.48. The molecule has 0 spiro atoms. The van der Waals surface area contributed by atoms with Gasteiger partial charge in [0.2, 0.25) is 17.7 Å². The Kier molecular flexibility index (Phi) is 7.40. The van der Waals surface area contributed by atoms with E-state index in [2.05, 4.69) is 16.0 Å². The van der Waals surface area contributed by atoms with Gasteiger partial charge in [0, 0.05) is 13.1 Å². The number of aliphatic carboxylic acids is 1. The summed E-state index contributed by atoms with van der Waals surface area (Å²) < 4.78 is 0. The van der Waals surface area contributed by atoms with Crippen molar-refractivity contribution in [2.24, 2.45) is 11.8 Å². The van der Waals surface area contributed by atoms with Crippen LogP contribution < -0.4 is 16.0 Å². The summed E-state index contributed by atoms with van der Waals surface area (Å²) in [7, 11) is 0. The highest BCUT2D eigenvalue weighted by Gasteiger charge is 2.48. The lowest BCUT2D eigenvalue weighted by Crippen LogP contribution is -2.53. The Bertz CT molecular complexity index is 621. The van der Waals surface area contributed by atoms with Crippen molar-refractivity contribution in [3.8, 4) is 0 Å². The zero-order chi connectivity index (χ0) is 21.0. The number of carboxylic acid groups (broad SMARTS) is 1. The number of amides is 3. The van der Waals surface area contributed by atoms with E-state index >= 15 is 0 Å². The van der Waals surface area contributed by atoms with Crippen molar-refractivity contribution in [1.29, 1.82) is 0 Å². The number of carboxylic acids is 1. The van der Waals surface area contributed by atoms with Gasteiger partial charge >= 0.3 is 5.97 Å². The van der Waals surface area contributed by atoms with Crippen LogP contribution in [0.1, 0.15) is 47.0 Å². The zero-order valence-electron chi connectivity index (χ0n) is 17.0. The fraction of sp³-hybridized carbons (Fsp3) is 0.789. The number of nitrogens with zero attached hydrogens (tertiary/aromatic N) is 1. The molecule has 0 saturated carbocycles. The molecule has 2 aliphatic rings. The lowest BCUT2D eigenvalue weighted by molar-refractivity contribution is -0.149. The molecule has 0 aromatic heterocycles. The number of nitrogens with one attached hydrogen (secondary N) is 3. The standard InChI is InChI=1S/C19H32N4O5/c1-10(2)8-12(18(26)23-7-5-6-13(23)19(27)28)21-17(25)15-14(22-15)16(24)20-9-11(3)4/h10-15,22H,5-9H2,1-4H3,(H,20,24)(H,21,25)(H,27,28)/t12-,13-,14+,15-/m0/s1. The van der Waals surface area contributed by atoms with Gasteiger partial charge in [-0.1, -0.05) is 27.7 Å². The second-order valence-electron chi connectivity index (χ2n) is 8.48. The van der Waals surface area contributed by atoms with Crippen LogP contribution in [0, 0.1) is 11.8 Å². The van der Waals surface area contributed by atoms with E-state index in [1.807, 2.05) is 27.7 Å². The van der Waals surface area contributed by atoms with Crippen LogP contribution in [0.4, 0.5) is 0 Å². The molecule has 4 N–H and O–H groups in total. The minimum absolute atomic E-state index is 0.137. The first-order chi connectivity index (χ1) is 13.1. The van der Waals surface area contributed by atoms with Gasteiger partial charge in [0.15, 0.2) is 0 Å². The molecule has 0 bridgehead atoms. The van der Waals surface area contributed by atoms with Gasteiger partial charge in [-0.15, -0.1) is 0 Å². The van der Waals surface area contributed by atoms with E-state index < -0.39 is 36.0 Å². The molecule has 3 amide bonds. The topological polar surface area (TPSA) is 138 Å². The molecular weight excluding hydrogens is 364 g/mol. The summed E-state index contributed by atoms with van der Waals surface area (Å²) in [5, 5.41) is 17.7. The molecule has 2 rings (SSSR count). The minimum atomic E-state index is -1.02. The molecule has 2 aliphatic heterocycles. The molecular formula is C19H32N4O5. The Morgan fingerprint density at radius 3 is 2.29 bits per heavy atom. The predicted octanol–water partition coefficient (Wildman–Crippen LogP) is -0.294. The summed E-state index contributed by atoms with van der Waals surface area (Å²) in [5.41, 5.74) is 0. The summed E-state index contributed by atoms with van der Waals surface area (Å²) in [4.78, 5) is 50.3. The highest BCUT2D eigenvalue weighted by Crippen LogP contribution is 2.21. The van der Waals surface area contributed by atoms with Gasteiger partial charge in [-0.05, 0) is 31.1 Å². The summed E-state index contributed by atoms with van der Waals surface area (Å²) in [6.07, 6.45) is 1.46. The van der Waals surface area contributed by atoms with Crippen LogP contribution in [-0.4, -0.2) is 71.0 Å². The number of rotatable bonds is 9. The fourth-order valence-electron chi connectivity index (χ4n) is 3.45. The molecule has 4 atom stereocenters. The number of carbonyl (C=O) groups is 4. The third-order valence-electron chi connectivity index (χ3n) is 4.98. The highest BCUT2D eigenvalue weighted by atomic mass is 16.4. The Balaban J connectivity index is 1.97. The monoisotopic (exact) mass is 396 g/mol. The highest BCUT2D eigenvalue weighted by molar-refractivity contribution is 5.99. The van der Waals surface area contributed by atoms with Gasteiger partial charge in [0.25, 0.3) is 0 Å². The summed E-state index contributed by atoms with van der Waals surface area (Å²) in [6, 6.07) is -2.89. The molecule has 9 nitrogen and oxygen atoms in total. The largest absolute Gasteiger partial charge is 0.480 e. The van der Waals surface area contributed by atoms with Crippen molar-refractivity contribution < 1.29 is 24.3 Å². The average molecular weight is 396 g/mol. The first-order valence-electron chi connectivity index (χ1n) is 9.99. The molecule has 0 radical (unpaired) electrons. The number of likely N-dealkylation sites (tertiary alicyclic amines) is 1. The van der Waals surface area contributed by atoms with Crippen LogP contribution in [0.5, 0.6) is 0 Å². The van der Waals surface area contributed by atoms with Gasteiger partial charge in [-0.25, -0.2) is 4.79 Å². The second kappa shape index (κ2) is 9.36. The van der Waals surface area contributed by atoms with Crippen molar-refractivity contribution in [1.82, 2.24) is 20.9 Å². The van der Waals surface area contributed by atoms with E-state index in [4.69, 9.17) is 0 Å². The molecule has 2 fully saturated rings. The lowest BCUT2D eigenvalue weighted by atomic mass is 10.0. The molecule has 0 unspecified atom stereocenters. The van der Waals surface area contributed by atoms with Crippen LogP contribution in [0.2, 0.25) is 0 Å². The maximum absolute atomic E-state index is 12.9. The molecule has 0 aliphatic carbocycles. The number of carbonyl (C=O) groups excluding carboxylic acids is 3. The van der Waals surface area contributed by atoms with E-state index in [1.54, 1.807) is 0 Å². The van der Waals surface area contributed by atoms with Crippen molar-refractivity contribution >= 4 is 23.7 Å². The van der Waals surface area contributed by atoms with Crippen LogP contribution in [0.25, 0.3) is 0 Å². The summed E-state index contributed by atoms with van der Waals surface area (Å²) >= 11 is 0. The van der Waals surface area contributed by atoms with E-state index in [0.29, 0.717) is 38.3 Å². The van der Waals surface area contributed by atoms with Crippen LogP contribution >= 0.6 is 0 Å². The molecule has 2 saturated heterocycles. The third-order valence-corrected chi connectivity index (χ3v) is 4.98. The third kappa shape index (κ3) is 5.67. The van der Waals surface area contributed by atoms with Gasteiger partial charge in [-0.3, -0.25) is 19.7 Å². The molecule has 28 heavy (non-hydrogen) atoms. The Labute approximate surface area is 165 Å². The Morgan fingerprint density at radius 2 is 1.71 bits per heavy atom. The van der Waals surface area contributed by atoms with Crippen LogP contribution in [0.15, 0.2) is 0 Å². The van der Waals surface area contributed by atoms with Gasteiger partial charge < -0.3 is 20.6 Å². The van der Waals surface area contributed by atoms with E-state index in [-0.39, 0.29) is 17.7 Å². The van der Waals surface area contributed by atoms with E-state index in [0.717, 1.165) is 0 Å². The SMILES string of the molecule is CC(C)CNC(=O)[C@@H]1N[C@@H]1C(=O)N[C@@H](CC(C)C)C(=O)N1CCC[C@H]1C(=O)O. The van der Waals surface area contributed by atoms with Gasteiger partial charge in [-0.2, -0.15) is 0 Å². The van der Waals surface area contributed by atoms with Gasteiger partial charge in [0.05, 0.1) is 0 Å². The van der Waals surface area contributed by atoms with Crippen LogP contribution in [-0.2, 0) is 19.2 Å². The number of hydrogen-bond acceptors (Lipinski definition) is 5. The molecule has 2 heterocycles. The first-order valence-corrected chi connectivity index (χ1v) is 9.99. The Morgan fingerprint density at radius 1 is 1.07 bits per heavy atom.